The molecule has 126 valence electrons. The molecule has 0 radical (unpaired) electrons. The van der Waals surface area contributed by atoms with Gasteiger partial charge in [-0.1, -0.05) is 18.6 Å². The monoisotopic (exact) mass is 340 g/mol. The van der Waals surface area contributed by atoms with E-state index < -0.39 is 21.9 Å². The van der Waals surface area contributed by atoms with Crippen molar-refractivity contribution in [1.29, 1.82) is 0 Å². The van der Waals surface area contributed by atoms with Gasteiger partial charge in [0.1, 0.15) is 0 Å². The highest BCUT2D eigenvalue weighted by Gasteiger charge is 2.30. The van der Waals surface area contributed by atoms with Crippen molar-refractivity contribution in [2.45, 2.75) is 31.4 Å². The third kappa shape index (κ3) is 5.33. The molecule has 0 aliphatic heterocycles. The van der Waals surface area contributed by atoms with Crippen molar-refractivity contribution in [3.05, 3.63) is 29.8 Å². The van der Waals surface area contributed by atoms with Gasteiger partial charge in [-0.3, -0.25) is 9.59 Å². The van der Waals surface area contributed by atoms with Gasteiger partial charge in [-0.05, 0) is 37.0 Å². The van der Waals surface area contributed by atoms with Crippen LogP contribution in [0.4, 0.5) is 5.69 Å². The molecule has 2 unspecified atom stereocenters. The summed E-state index contributed by atoms with van der Waals surface area (Å²) in [6.45, 7) is 0. The summed E-state index contributed by atoms with van der Waals surface area (Å²) >= 11 is 0. The Morgan fingerprint density at radius 1 is 1.17 bits per heavy atom. The number of aliphatic carboxylic acids is 1. The van der Waals surface area contributed by atoms with Crippen LogP contribution in [-0.4, -0.2) is 25.4 Å². The summed E-state index contributed by atoms with van der Waals surface area (Å²) in [6, 6.07) is 6.38. The molecule has 0 heterocycles. The number of sulfonamides is 1. The van der Waals surface area contributed by atoms with E-state index in [1.807, 2.05) is 0 Å². The SMILES string of the molecule is NS(=O)(=O)Cc1ccc(NC(=O)C2CCCC(C(=O)O)C2)cc1. The second-order valence-electron chi connectivity index (χ2n) is 5.89. The maximum absolute atomic E-state index is 12.2. The normalized spacial score (nSPS) is 21.6. The van der Waals surface area contributed by atoms with Crippen molar-refractivity contribution in [3.63, 3.8) is 0 Å². The molecule has 4 N–H and O–H groups in total. The van der Waals surface area contributed by atoms with Crippen molar-refractivity contribution >= 4 is 27.6 Å². The molecular formula is C15H20N2O5S. The first-order chi connectivity index (χ1) is 10.7. The van der Waals surface area contributed by atoms with E-state index in [1.165, 1.54) is 0 Å². The third-order valence-corrected chi connectivity index (χ3v) is 4.72. The van der Waals surface area contributed by atoms with Crippen LogP contribution in [0.15, 0.2) is 24.3 Å². The minimum Gasteiger partial charge on any atom is -0.481 e. The topological polar surface area (TPSA) is 127 Å². The first-order valence-electron chi connectivity index (χ1n) is 7.37. The quantitative estimate of drug-likeness (QED) is 0.745. The fourth-order valence-corrected chi connectivity index (χ4v) is 3.47. The summed E-state index contributed by atoms with van der Waals surface area (Å²) in [4.78, 5) is 23.3. The van der Waals surface area contributed by atoms with Gasteiger partial charge >= 0.3 is 5.97 Å². The first-order valence-corrected chi connectivity index (χ1v) is 9.09. The summed E-state index contributed by atoms with van der Waals surface area (Å²) in [7, 11) is -3.59. The first kappa shape index (κ1) is 17.4. The lowest BCUT2D eigenvalue weighted by Crippen LogP contribution is -2.30. The van der Waals surface area contributed by atoms with Crippen molar-refractivity contribution in [3.8, 4) is 0 Å². The Hall–Kier alpha value is -1.93. The Bertz CT molecular complexity index is 684. The number of nitrogens with one attached hydrogen (secondary N) is 1. The number of rotatable bonds is 5. The van der Waals surface area contributed by atoms with Gasteiger partial charge in [0.2, 0.25) is 15.9 Å². The number of carboxylic acid groups (broad SMARTS) is 1. The number of benzene rings is 1. The van der Waals surface area contributed by atoms with Gasteiger partial charge in [-0.25, -0.2) is 13.6 Å². The van der Waals surface area contributed by atoms with E-state index in [0.29, 0.717) is 30.5 Å². The molecule has 2 rings (SSSR count). The molecule has 2 atom stereocenters. The maximum Gasteiger partial charge on any atom is 0.306 e. The van der Waals surface area contributed by atoms with Crippen molar-refractivity contribution in [2.24, 2.45) is 17.0 Å². The lowest BCUT2D eigenvalue weighted by molar-refractivity contribution is -0.143. The molecule has 0 spiro atoms. The van der Waals surface area contributed by atoms with Crippen LogP contribution in [0.25, 0.3) is 0 Å². The average molecular weight is 340 g/mol. The number of hydrogen-bond acceptors (Lipinski definition) is 4. The zero-order valence-corrected chi connectivity index (χ0v) is 13.4. The lowest BCUT2D eigenvalue weighted by Gasteiger charge is -2.25. The largest absolute Gasteiger partial charge is 0.481 e. The minimum atomic E-state index is -3.59. The summed E-state index contributed by atoms with van der Waals surface area (Å²) in [6.07, 6.45) is 2.37. The van der Waals surface area contributed by atoms with Gasteiger partial charge < -0.3 is 10.4 Å². The molecule has 1 aromatic rings. The van der Waals surface area contributed by atoms with E-state index in [-0.39, 0.29) is 17.6 Å². The van der Waals surface area contributed by atoms with Crippen molar-refractivity contribution < 1.29 is 23.1 Å². The van der Waals surface area contributed by atoms with Crippen LogP contribution in [0.5, 0.6) is 0 Å². The van der Waals surface area contributed by atoms with E-state index >= 15 is 0 Å². The van der Waals surface area contributed by atoms with E-state index in [4.69, 9.17) is 10.2 Å². The Kier molecular flexibility index (Phi) is 5.38. The summed E-state index contributed by atoms with van der Waals surface area (Å²) < 4.78 is 22.0. The maximum atomic E-state index is 12.2. The average Bonchev–Trinajstić information content (AvgIpc) is 2.48. The van der Waals surface area contributed by atoms with Gasteiger partial charge in [-0.15, -0.1) is 0 Å². The zero-order chi connectivity index (χ0) is 17.0. The molecular weight excluding hydrogens is 320 g/mol. The van der Waals surface area contributed by atoms with E-state index in [9.17, 15) is 18.0 Å². The standard InChI is InChI=1S/C15H20N2O5S/c16-23(21,22)9-10-4-6-13(7-5-10)17-14(18)11-2-1-3-12(8-11)15(19)20/h4-7,11-12H,1-3,8-9H2,(H,17,18)(H,19,20)(H2,16,21,22). The Morgan fingerprint density at radius 2 is 1.78 bits per heavy atom. The van der Waals surface area contributed by atoms with Gasteiger partial charge in [0.15, 0.2) is 0 Å². The highest BCUT2D eigenvalue weighted by Crippen LogP contribution is 2.30. The Morgan fingerprint density at radius 3 is 2.35 bits per heavy atom. The minimum absolute atomic E-state index is 0.199. The van der Waals surface area contributed by atoms with Crippen LogP contribution >= 0.6 is 0 Å². The van der Waals surface area contributed by atoms with Crippen LogP contribution in [0.3, 0.4) is 0 Å². The number of nitrogens with two attached hydrogens (primary N) is 1. The highest BCUT2D eigenvalue weighted by molar-refractivity contribution is 7.88. The number of carbonyl (C=O) groups is 2. The van der Waals surface area contributed by atoms with E-state index in [0.717, 1.165) is 6.42 Å². The smallest absolute Gasteiger partial charge is 0.306 e. The predicted octanol–water partition coefficient (Wildman–Crippen LogP) is 1.30. The molecule has 1 aromatic carbocycles. The third-order valence-electron chi connectivity index (χ3n) is 3.98. The lowest BCUT2D eigenvalue weighted by atomic mass is 9.81. The number of primary sulfonamides is 1. The van der Waals surface area contributed by atoms with Crippen LogP contribution in [-0.2, 0) is 25.4 Å². The number of carboxylic acids is 1. The van der Waals surface area contributed by atoms with E-state index in [2.05, 4.69) is 5.32 Å². The van der Waals surface area contributed by atoms with Crippen molar-refractivity contribution in [2.75, 3.05) is 5.32 Å². The van der Waals surface area contributed by atoms with Crippen LogP contribution in [0.1, 0.15) is 31.2 Å². The molecule has 1 aliphatic rings. The molecule has 0 saturated heterocycles. The summed E-state index contributed by atoms with van der Waals surface area (Å²) in [5.74, 6) is -2.08. The molecule has 0 bridgehead atoms. The Balaban J connectivity index is 1.96. The molecule has 1 saturated carbocycles. The number of amides is 1. The van der Waals surface area contributed by atoms with Gasteiger partial charge in [-0.2, -0.15) is 0 Å². The van der Waals surface area contributed by atoms with Gasteiger partial charge in [0.25, 0.3) is 0 Å². The molecule has 1 amide bonds. The van der Waals surface area contributed by atoms with E-state index in [1.54, 1.807) is 24.3 Å². The molecule has 23 heavy (non-hydrogen) atoms. The Labute approximate surface area is 134 Å². The van der Waals surface area contributed by atoms with Crippen molar-refractivity contribution in [1.82, 2.24) is 0 Å². The number of hydrogen-bond donors (Lipinski definition) is 3. The zero-order valence-electron chi connectivity index (χ0n) is 12.6. The molecule has 0 aromatic heterocycles. The van der Waals surface area contributed by atoms with Crippen LogP contribution in [0, 0.1) is 11.8 Å². The van der Waals surface area contributed by atoms with Gasteiger partial charge in [0, 0.05) is 11.6 Å². The van der Waals surface area contributed by atoms with Crippen LogP contribution < -0.4 is 10.5 Å². The predicted molar refractivity (Wildman–Crippen MR) is 85.0 cm³/mol. The fraction of sp³-hybridized carbons (Fsp3) is 0.467. The molecule has 8 heteroatoms. The molecule has 1 aliphatic carbocycles. The molecule has 7 nitrogen and oxygen atoms in total. The second-order valence-corrected chi connectivity index (χ2v) is 7.51. The molecule has 1 fully saturated rings. The van der Waals surface area contributed by atoms with Crippen LogP contribution in [0.2, 0.25) is 0 Å². The number of anilines is 1. The highest BCUT2D eigenvalue weighted by atomic mass is 32.2. The summed E-state index contributed by atoms with van der Waals surface area (Å²) in [5, 5.41) is 16.8. The summed E-state index contributed by atoms with van der Waals surface area (Å²) in [5.41, 5.74) is 1.08. The second kappa shape index (κ2) is 7.10. The fourth-order valence-electron chi connectivity index (χ4n) is 2.81. The number of carbonyl (C=O) groups excluding carboxylic acids is 1. The van der Waals surface area contributed by atoms with Gasteiger partial charge in [0.05, 0.1) is 11.7 Å².